The Morgan fingerprint density at radius 3 is 2.86 bits per heavy atom. The Hall–Kier alpha value is -1.28. The molecule has 2 atom stereocenters. The summed E-state index contributed by atoms with van der Waals surface area (Å²) in [6.07, 6.45) is 4.84. The van der Waals surface area contributed by atoms with Gasteiger partial charge in [-0.3, -0.25) is 0 Å². The van der Waals surface area contributed by atoms with Crippen LogP contribution in [0.3, 0.4) is 0 Å². The summed E-state index contributed by atoms with van der Waals surface area (Å²) in [6.45, 7) is 0. The van der Waals surface area contributed by atoms with E-state index in [1.165, 1.54) is 36.0 Å². The van der Waals surface area contributed by atoms with Gasteiger partial charge >= 0.3 is 0 Å². The van der Waals surface area contributed by atoms with Crippen molar-refractivity contribution in [2.75, 3.05) is 7.11 Å². The van der Waals surface area contributed by atoms with E-state index in [0.717, 1.165) is 12.2 Å². The maximum absolute atomic E-state index is 5.34. The molecule has 0 saturated heterocycles. The quantitative estimate of drug-likeness (QED) is 0.540. The number of methoxy groups -OCH3 is 1. The van der Waals surface area contributed by atoms with Gasteiger partial charge in [-0.15, -0.1) is 0 Å². The minimum Gasteiger partial charge on any atom is -0.497 e. The number of benzene rings is 2. The third-order valence-corrected chi connectivity index (χ3v) is 5.66. The highest BCUT2D eigenvalue weighted by molar-refractivity contribution is 9.09. The number of hydrogen-bond acceptors (Lipinski definition) is 1. The second-order valence-electron chi connectivity index (χ2n) is 5.81. The predicted octanol–water partition coefficient (Wildman–Crippen LogP) is 5.33. The fraction of sp³-hybridized carbons (Fsp3) is 0.368. The highest BCUT2D eigenvalue weighted by Gasteiger charge is 2.25. The standard InChI is InChI=1S/C19H21BrO/c1-21-17-10-4-6-14(13-17)12-16-9-5-8-15-7-2-3-11-18(15)19(16)20/h2-4,6-7,10-11,13,16,19H,5,8-9,12H2,1H3. The summed E-state index contributed by atoms with van der Waals surface area (Å²) in [6, 6.07) is 17.3. The molecule has 0 fully saturated rings. The lowest BCUT2D eigenvalue weighted by Crippen LogP contribution is -2.10. The SMILES string of the molecule is COc1cccc(CC2CCCc3ccccc3C2Br)c1. The van der Waals surface area contributed by atoms with Gasteiger partial charge in [0, 0.05) is 4.83 Å². The Bertz CT molecular complexity index is 608. The zero-order chi connectivity index (χ0) is 14.7. The Morgan fingerprint density at radius 1 is 1.14 bits per heavy atom. The van der Waals surface area contributed by atoms with E-state index >= 15 is 0 Å². The number of hydrogen-bond donors (Lipinski definition) is 0. The van der Waals surface area contributed by atoms with Gasteiger partial charge in [-0.05, 0) is 60.4 Å². The second-order valence-corrected chi connectivity index (χ2v) is 6.80. The average Bonchev–Trinajstić information content (AvgIpc) is 2.68. The number of alkyl halides is 1. The number of aryl methyl sites for hydroxylation is 1. The Kier molecular flexibility index (Phi) is 4.64. The molecule has 110 valence electrons. The van der Waals surface area contributed by atoms with E-state index < -0.39 is 0 Å². The minimum absolute atomic E-state index is 0.447. The van der Waals surface area contributed by atoms with Crippen molar-refractivity contribution in [3.8, 4) is 5.75 Å². The van der Waals surface area contributed by atoms with E-state index in [4.69, 9.17) is 4.74 Å². The maximum atomic E-state index is 5.34. The second kappa shape index (κ2) is 6.65. The number of rotatable bonds is 3. The van der Waals surface area contributed by atoms with Gasteiger partial charge in [-0.1, -0.05) is 52.3 Å². The first kappa shape index (κ1) is 14.6. The van der Waals surface area contributed by atoms with Crippen LogP contribution in [0.25, 0.3) is 0 Å². The molecule has 0 spiro atoms. The van der Waals surface area contributed by atoms with Gasteiger partial charge in [0.1, 0.15) is 5.75 Å². The molecule has 0 radical (unpaired) electrons. The molecule has 0 N–H and O–H groups in total. The zero-order valence-corrected chi connectivity index (χ0v) is 14.0. The van der Waals surface area contributed by atoms with Crippen LogP contribution in [-0.4, -0.2) is 7.11 Å². The monoisotopic (exact) mass is 344 g/mol. The Morgan fingerprint density at radius 2 is 2.00 bits per heavy atom. The highest BCUT2D eigenvalue weighted by atomic mass is 79.9. The van der Waals surface area contributed by atoms with Gasteiger partial charge in [0.2, 0.25) is 0 Å². The molecule has 1 aliphatic rings. The molecule has 1 nitrogen and oxygen atoms in total. The van der Waals surface area contributed by atoms with E-state index in [1.807, 2.05) is 6.07 Å². The number of fused-ring (bicyclic) bond motifs is 1. The van der Waals surface area contributed by atoms with Crippen molar-refractivity contribution in [3.63, 3.8) is 0 Å². The summed E-state index contributed by atoms with van der Waals surface area (Å²) in [5.41, 5.74) is 4.35. The normalized spacial score (nSPS) is 21.4. The van der Waals surface area contributed by atoms with Crippen molar-refractivity contribution < 1.29 is 4.74 Å². The van der Waals surface area contributed by atoms with E-state index in [9.17, 15) is 0 Å². The van der Waals surface area contributed by atoms with Gasteiger partial charge in [0.25, 0.3) is 0 Å². The predicted molar refractivity (Wildman–Crippen MR) is 91.2 cm³/mol. The lowest BCUT2D eigenvalue weighted by molar-refractivity contribution is 0.413. The van der Waals surface area contributed by atoms with Crippen LogP contribution in [0.4, 0.5) is 0 Å². The summed E-state index contributed by atoms with van der Waals surface area (Å²) in [4.78, 5) is 0.447. The van der Waals surface area contributed by atoms with Crippen molar-refractivity contribution in [2.24, 2.45) is 5.92 Å². The molecule has 1 aliphatic carbocycles. The minimum atomic E-state index is 0.447. The fourth-order valence-corrected chi connectivity index (χ4v) is 4.19. The molecular formula is C19H21BrO. The maximum Gasteiger partial charge on any atom is 0.119 e. The van der Waals surface area contributed by atoms with Crippen molar-refractivity contribution in [1.82, 2.24) is 0 Å². The summed E-state index contributed by atoms with van der Waals surface area (Å²) in [5, 5.41) is 0. The third-order valence-electron chi connectivity index (χ3n) is 4.42. The van der Waals surface area contributed by atoms with Gasteiger partial charge in [0.15, 0.2) is 0 Å². The molecule has 2 heteroatoms. The molecular weight excluding hydrogens is 324 g/mol. The molecule has 3 rings (SSSR count). The van der Waals surface area contributed by atoms with Crippen molar-refractivity contribution >= 4 is 15.9 Å². The van der Waals surface area contributed by atoms with Gasteiger partial charge < -0.3 is 4.74 Å². The molecule has 2 aromatic rings. The van der Waals surface area contributed by atoms with Crippen molar-refractivity contribution in [3.05, 3.63) is 65.2 Å². The van der Waals surface area contributed by atoms with Crippen molar-refractivity contribution in [1.29, 1.82) is 0 Å². The first-order valence-corrected chi connectivity index (χ1v) is 8.54. The van der Waals surface area contributed by atoms with Crippen LogP contribution in [0.1, 0.15) is 34.4 Å². The van der Waals surface area contributed by atoms with Crippen LogP contribution in [0.15, 0.2) is 48.5 Å². The first-order chi connectivity index (χ1) is 10.3. The van der Waals surface area contributed by atoms with Gasteiger partial charge in [-0.25, -0.2) is 0 Å². The van der Waals surface area contributed by atoms with Crippen LogP contribution in [0, 0.1) is 5.92 Å². The first-order valence-electron chi connectivity index (χ1n) is 7.62. The van der Waals surface area contributed by atoms with Crippen LogP contribution in [-0.2, 0) is 12.8 Å². The largest absolute Gasteiger partial charge is 0.497 e. The van der Waals surface area contributed by atoms with E-state index in [1.54, 1.807) is 7.11 Å². The summed E-state index contributed by atoms with van der Waals surface area (Å²) >= 11 is 3.97. The zero-order valence-electron chi connectivity index (χ0n) is 12.4. The molecule has 2 aromatic carbocycles. The fourth-order valence-electron chi connectivity index (χ4n) is 3.29. The molecule has 21 heavy (non-hydrogen) atoms. The summed E-state index contributed by atoms with van der Waals surface area (Å²) in [7, 11) is 1.73. The third kappa shape index (κ3) is 3.32. The van der Waals surface area contributed by atoms with Gasteiger partial charge in [0.05, 0.1) is 7.11 Å². The van der Waals surface area contributed by atoms with E-state index in [0.29, 0.717) is 10.7 Å². The van der Waals surface area contributed by atoms with Crippen LogP contribution in [0.5, 0.6) is 5.75 Å². The molecule has 0 saturated carbocycles. The topological polar surface area (TPSA) is 9.23 Å². The summed E-state index contributed by atoms with van der Waals surface area (Å²) < 4.78 is 5.34. The Balaban J connectivity index is 1.82. The molecule has 2 unspecified atom stereocenters. The molecule has 0 bridgehead atoms. The smallest absolute Gasteiger partial charge is 0.119 e. The summed E-state index contributed by atoms with van der Waals surface area (Å²) in [5.74, 6) is 1.59. The average molecular weight is 345 g/mol. The van der Waals surface area contributed by atoms with Gasteiger partial charge in [-0.2, -0.15) is 0 Å². The van der Waals surface area contributed by atoms with Crippen LogP contribution >= 0.6 is 15.9 Å². The molecule has 0 aromatic heterocycles. The van der Waals surface area contributed by atoms with E-state index in [-0.39, 0.29) is 0 Å². The molecule has 0 heterocycles. The number of ether oxygens (including phenoxy) is 1. The van der Waals surface area contributed by atoms with Crippen molar-refractivity contribution in [2.45, 2.75) is 30.5 Å². The lowest BCUT2D eigenvalue weighted by atomic mass is 9.90. The Labute approximate surface area is 135 Å². The van der Waals surface area contributed by atoms with Crippen LogP contribution < -0.4 is 4.74 Å². The highest BCUT2D eigenvalue weighted by Crippen LogP contribution is 2.41. The molecule has 0 aliphatic heterocycles. The van der Waals surface area contributed by atoms with E-state index in [2.05, 4.69) is 58.4 Å². The lowest BCUT2D eigenvalue weighted by Gasteiger charge is -2.22. The molecule has 0 amide bonds. The number of halogens is 1. The van der Waals surface area contributed by atoms with Crippen LogP contribution in [0.2, 0.25) is 0 Å².